The van der Waals surface area contributed by atoms with E-state index in [9.17, 15) is 19.2 Å². The van der Waals surface area contributed by atoms with Crippen molar-refractivity contribution in [3.05, 3.63) is 34.9 Å². The van der Waals surface area contributed by atoms with Crippen LogP contribution in [0.4, 0.5) is 0 Å². The molecule has 6 aliphatic rings. The predicted octanol–water partition coefficient (Wildman–Crippen LogP) is 2.04. The molecule has 1 aromatic rings. The summed E-state index contributed by atoms with van der Waals surface area (Å²) in [7, 11) is 0. The number of hydrogen-bond acceptors (Lipinski definition) is 5. The van der Waals surface area contributed by atoms with Gasteiger partial charge in [0.05, 0.1) is 6.04 Å². The first-order valence-corrected chi connectivity index (χ1v) is 13.7. The van der Waals surface area contributed by atoms with Gasteiger partial charge < -0.3 is 16.0 Å². The Labute approximate surface area is 211 Å². The Bertz CT molecular complexity index is 1070. The molecule has 4 saturated carbocycles. The maximum absolute atomic E-state index is 13.0. The molecule has 8 heteroatoms. The van der Waals surface area contributed by atoms with E-state index in [0.29, 0.717) is 42.8 Å². The highest BCUT2D eigenvalue weighted by atomic mass is 16.2. The first kappa shape index (κ1) is 23.6. The Hall–Kier alpha value is -2.74. The van der Waals surface area contributed by atoms with Crippen LogP contribution in [0.2, 0.25) is 0 Å². The number of piperidine rings is 1. The molecule has 36 heavy (non-hydrogen) atoms. The first-order valence-electron chi connectivity index (χ1n) is 13.7. The van der Waals surface area contributed by atoms with E-state index < -0.39 is 18.0 Å². The lowest BCUT2D eigenvalue weighted by molar-refractivity contribution is -0.137. The molecule has 4 bridgehead atoms. The molecule has 5 fully saturated rings. The minimum Gasteiger partial charge on any atom is -0.351 e. The van der Waals surface area contributed by atoms with Crippen LogP contribution in [0.15, 0.2) is 18.2 Å². The number of fused-ring (bicyclic) bond motifs is 1. The van der Waals surface area contributed by atoms with Gasteiger partial charge in [-0.2, -0.15) is 0 Å². The molecule has 1 saturated heterocycles. The van der Waals surface area contributed by atoms with Crippen molar-refractivity contribution in [3.63, 3.8) is 0 Å². The molecule has 192 valence electrons. The van der Waals surface area contributed by atoms with E-state index in [1.807, 2.05) is 12.1 Å². The third kappa shape index (κ3) is 4.23. The summed E-state index contributed by atoms with van der Waals surface area (Å²) in [4.78, 5) is 51.4. The van der Waals surface area contributed by atoms with Crippen molar-refractivity contribution in [2.45, 2.75) is 88.9 Å². The highest BCUT2D eigenvalue weighted by Crippen LogP contribution is 2.53. The van der Waals surface area contributed by atoms with Crippen LogP contribution in [0.1, 0.15) is 79.3 Å². The standard InChI is InChI=1S/C28H36N4O4/c29-22(26(34)31-25-18-10-15-9-16(12-18)13-19(25)11-15)6-2-4-17-3-1-5-20-21(17)14-32(28(20)36)23-7-8-24(33)30-27(23)35/h1,3,5,15-16,18-19,22-23,25H,2,4,6-14,29H2,(H,31,34)(H,30,33,35)/t15?,16?,18?,19?,22-,23?,25?/m0/s1. The van der Waals surface area contributed by atoms with Crippen LogP contribution in [-0.2, 0) is 27.3 Å². The number of carbonyl (C=O) groups is 4. The zero-order valence-corrected chi connectivity index (χ0v) is 20.7. The SMILES string of the molecule is N[C@@H](CCCc1cccc2c1CN(C1CCC(=O)NC1=O)C2=O)C(=O)NC1C2CC3CC(C2)CC1C3. The minimum absolute atomic E-state index is 0.0232. The monoisotopic (exact) mass is 492 g/mol. The Balaban J connectivity index is 1.04. The number of carbonyl (C=O) groups excluding carboxylic acids is 4. The van der Waals surface area contributed by atoms with Crippen molar-refractivity contribution in [1.29, 1.82) is 0 Å². The number of hydrogen-bond donors (Lipinski definition) is 3. The summed E-state index contributed by atoms with van der Waals surface area (Å²) >= 11 is 0. The second kappa shape index (κ2) is 9.29. The van der Waals surface area contributed by atoms with Gasteiger partial charge in [-0.05, 0) is 98.7 Å². The molecule has 4 amide bonds. The van der Waals surface area contributed by atoms with Gasteiger partial charge in [0.25, 0.3) is 5.91 Å². The van der Waals surface area contributed by atoms with Gasteiger partial charge in [0, 0.05) is 24.6 Å². The Morgan fingerprint density at radius 3 is 2.50 bits per heavy atom. The van der Waals surface area contributed by atoms with Crippen LogP contribution in [0.5, 0.6) is 0 Å². The molecule has 1 unspecified atom stereocenters. The topological polar surface area (TPSA) is 122 Å². The van der Waals surface area contributed by atoms with Gasteiger partial charge in [0.15, 0.2) is 0 Å². The number of rotatable bonds is 7. The van der Waals surface area contributed by atoms with Gasteiger partial charge in [-0.15, -0.1) is 0 Å². The molecular weight excluding hydrogens is 456 g/mol. The van der Waals surface area contributed by atoms with Gasteiger partial charge in [-0.25, -0.2) is 0 Å². The smallest absolute Gasteiger partial charge is 0.255 e. The van der Waals surface area contributed by atoms with Crippen molar-refractivity contribution in [2.75, 3.05) is 0 Å². The lowest BCUT2D eigenvalue weighted by Gasteiger charge is -2.54. The lowest BCUT2D eigenvalue weighted by Crippen LogP contribution is -2.58. The highest BCUT2D eigenvalue weighted by Gasteiger charge is 2.48. The van der Waals surface area contributed by atoms with Crippen molar-refractivity contribution in [3.8, 4) is 0 Å². The summed E-state index contributed by atoms with van der Waals surface area (Å²) in [6.45, 7) is 0.371. The van der Waals surface area contributed by atoms with Crippen molar-refractivity contribution in [1.82, 2.24) is 15.5 Å². The number of nitrogens with two attached hydrogens (primary N) is 1. The van der Waals surface area contributed by atoms with Crippen LogP contribution >= 0.6 is 0 Å². The predicted molar refractivity (Wildman–Crippen MR) is 132 cm³/mol. The van der Waals surface area contributed by atoms with E-state index in [1.54, 1.807) is 11.0 Å². The van der Waals surface area contributed by atoms with Gasteiger partial charge in [-0.1, -0.05) is 12.1 Å². The summed E-state index contributed by atoms with van der Waals surface area (Å²) < 4.78 is 0. The molecule has 2 atom stereocenters. The number of imide groups is 1. The molecule has 2 heterocycles. The molecule has 8 nitrogen and oxygen atoms in total. The van der Waals surface area contributed by atoms with E-state index in [0.717, 1.165) is 35.8 Å². The molecule has 0 spiro atoms. The summed E-state index contributed by atoms with van der Waals surface area (Å²) in [5, 5.41) is 5.68. The van der Waals surface area contributed by atoms with E-state index in [1.165, 1.54) is 32.1 Å². The zero-order valence-electron chi connectivity index (χ0n) is 20.7. The van der Waals surface area contributed by atoms with Crippen LogP contribution in [0.25, 0.3) is 0 Å². The molecule has 4 aliphatic carbocycles. The summed E-state index contributed by atoms with van der Waals surface area (Å²) in [6, 6.07) is 4.85. The molecular formula is C28H36N4O4. The number of aryl methyl sites for hydroxylation is 1. The summed E-state index contributed by atoms with van der Waals surface area (Å²) in [5.41, 5.74) is 8.95. The molecule has 0 radical (unpaired) electrons. The summed E-state index contributed by atoms with van der Waals surface area (Å²) in [5.74, 6) is 2.15. The second-order valence-electron chi connectivity index (χ2n) is 11.8. The van der Waals surface area contributed by atoms with Crippen LogP contribution in [-0.4, -0.2) is 46.7 Å². The molecule has 4 N–H and O–H groups in total. The van der Waals surface area contributed by atoms with E-state index in [2.05, 4.69) is 10.6 Å². The van der Waals surface area contributed by atoms with Gasteiger partial charge in [0.1, 0.15) is 6.04 Å². The third-order valence-electron chi connectivity index (χ3n) is 9.51. The number of nitrogens with one attached hydrogen (secondary N) is 2. The average molecular weight is 493 g/mol. The fraction of sp³-hybridized carbons (Fsp3) is 0.643. The molecule has 1 aromatic carbocycles. The second-order valence-corrected chi connectivity index (χ2v) is 11.8. The Morgan fingerprint density at radius 1 is 1.08 bits per heavy atom. The van der Waals surface area contributed by atoms with Crippen LogP contribution in [0.3, 0.4) is 0 Å². The number of nitrogens with zero attached hydrogens (tertiary/aromatic N) is 1. The summed E-state index contributed by atoms with van der Waals surface area (Å²) in [6.07, 6.45) is 9.11. The van der Waals surface area contributed by atoms with E-state index in [4.69, 9.17) is 5.73 Å². The van der Waals surface area contributed by atoms with E-state index in [-0.39, 0.29) is 24.1 Å². The maximum Gasteiger partial charge on any atom is 0.255 e. The van der Waals surface area contributed by atoms with Crippen LogP contribution < -0.4 is 16.4 Å². The average Bonchev–Trinajstić information content (AvgIpc) is 3.17. The number of benzene rings is 1. The van der Waals surface area contributed by atoms with Gasteiger partial charge in [0.2, 0.25) is 17.7 Å². The third-order valence-corrected chi connectivity index (χ3v) is 9.51. The zero-order chi connectivity index (χ0) is 25.0. The maximum atomic E-state index is 13.0. The van der Waals surface area contributed by atoms with Crippen molar-refractivity contribution in [2.24, 2.45) is 29.4 Å². The molecule has 2 aliphatic heterocycles. The van der Waals surface area contributed by atoms with Gasteiger partial charge in [-0.3, -0.25) is 24.5 Å². The Morgan fingerprint density at radius 2 is 1.81 bits per heavy atom. The highest BCUT2D eigenvalue weighted by molar-refractivity contribution is 6.05. The quantitative estimate of drug-likeness (QED) is 0.503. The van der Waals surface area contributed by atoms with Gasteiger partial charge >= 0.3 is 0 Å². The largest absolute Gasteiger partial charge is 0.351 e. The van der Waals surface area contributed by atoms with Crippen molar-refractivity contribution >= 4 is 23.6 Å². The fourth-order valence-corrected chi connectivity index (χ4v) is 7.96. The van der Waals surface area contributed by atoms with Crippen molar-refractivity contribution < 1.29 is 19.2 Å². The van der Waals surface area contributed by atoms with Crippen LogP contribution in [0, 0.1) is 23.7 Å². The lowest BCUT2D eigenvalue weighted by atomic mass is 9.54. The molecule has 0 aromatic heterocycles. The first-order chi connectivity index (χ1) is 17.4. The van der Waals surface area contributed by atoms with E-state index >= 15 is 0 Å². The number of amides is 4. The fourth-order valence-electron chi connectivity index (χ4n) is 7.96. The minimum atomic E-state index is -0.613. The molecule has 7 rings (SSSR count). The Kier molecular flexibility index (Phi) is 6.10. The normalized spacial score (nSPS) is 33.5.